The summed E-state index contributed by atoms with van der Waals surface area (Å²) in [5.41, 5.74) is 0.896. The molecule has 1 aliphatic rings. The number of para-hydroxylation sites is 1. The van der Waals surface area contributed by atoms with E-state index in [2.05, 4.69) is 15.2 Å². The van der Waals surface area contributed by atoms with E-state index in [9.17, 15) is 23.1 Å². The van der Waals surface area contributed by atoms with Gasteiger partial charge in [-0.05, 0) is 57.2 Å². The second-order valence-electron chi connectivity index (χ2n) is 10.6. The molecule has 2 aromatic carbocycles. The number of aliphatic hydroxyl groups excluding tert-OH is 1. The zero-order chi connectivity index (χ0) is 31.5. The second-order valence-corrected chi connectivity index (χ2v) is 12.2. The number of nitrogens with zero attached hydrogens (tertiary/aromatic N) is 3. The summed E-state index contributed by atoms with van der Waals surface area (Å²) in [6.07, 6.45) is -0.670. The summed E-state index contributed by atoms with van der Waals surface area (Å²) < 4.78 is 46.0. The third-order valence-corrected chi connectivity index (χ3v) is 8.92. The molecule has 14 heteroatoms. The van der Waals surface area contributed by atoms with Gasteiger partial charge in [-0.2, -0.15) is 0 Å². The predicted octanol–water partition coefficient (Wildman–Crippen LogP) is 3.48. The minimum Gasteiger partial charge on any atom is -0.497 e. The maximum Gasteiger partial charge on any atom is 0.321 e. The Labute approximate surface area is 250 Å². The Hall–Kier alpha value is -4.30. The number of likely N-dealkylation sites (N-methyl/N-ethyl adjacent to an activating group) is 1. The van der Waals surface area contributed by atoms with Crippen molar-refractivity contribution in [3.63, 3.8) is 0 Å². The zero-order valence-electron chi connectivity index (χ0n) is 24.9. The lowest BCUT2D eigenvalue weighted by Crippen LogP contribution is -2.50. The fourth-order valence-electron chi connectivity index (χ4n) is 4.84. The van der Waals surface area contributed by atoms with E-state index in [-0.39, 0.29) is 59.0 Å². The van der Waals surface area contributed by atoms with Crippen molar-refractivity contribution in [3.05, 3.63) is 59.5 Å². The molecule has 0 fully saturated rings. The summed E-state index contributed by atoms with van der Waals surface area (Å²) in [5.74, 6) is 0.0254. The largest absolute Gasteiger partial charge is 0.497 e. The van der Waals surface area contributed by atoms with Crippen molar-refractivity contribution >= 4 is 33.3 Å². The van der Waals surface area contributed by atoms with E-state index >= 15 is 0 Å². The fourth-order valence-corrected chi connectivity index (χ4v) is 6.24. The van der Waals surface area contributed by atoms with Crippen LogP contribution < -0.4 is 19.5 Å². The zero-order valence-corrected chi connectivity index (χ0v) is 25.8. The number of ether oxygens (including phenoxy) is 2. The Morgan fingerprint density at radius 3 is 2.53 bits per heavy atom. The van der Waals surface area contributed by atoms with Crippen LogP contribution in [0.1, 0.15) is 35.7 Å². The Morgan fingerprint density at radius 1 is 1.23 bits per heavy atom. The first-order valence-corrected chi connectivity index (χ1v) is 15.2. The summed E-state index contributed by atoms with van der Waals surface area (Å²) >= 11 is 0. The smallest absolute Gasteiger partial charge is 0.321 e. The topological polar surface area (TPSA) is 164 Å². The van der Waals surface area contributed by atoms with Gasteiger partial charge in [0.25, 0.3) is 15.9 Å². The number of sulfonamides is 1. The number of methoxy groups -OCH3 is 1. The van der Waals surface area contributed by atoms with Crippen LogP contribution in [0, 0.1) is 19.8 Å². The van der Waals surface area contributed by atoms with Crippen molar-refractivity contribution < 1.29 is 37.1 Å². The van der Waals surface area contributed by atoms with Crippen LogP contribution in [0.25, 0.3) is 0 Å². The molecule has 4 rings (SSSR count). The number of amides is 3. The molecule has 43 heavy (non-hydrogen) atoms. The summed E-state index contributed by atoms with van der Waals surface area (Å²) in [4.78, 5) is 29.7. The van der Waals surface area contributed by atoms with Crippen molar-refractivity contribution in [2.75, 3.05) is 43.9 Å². The maximum absolute atomic E-state index is 13.7. The van der Waals surface area contributed by atoms with E-state index in [1.165, 1.54) is 35.8 Å². The Balaban J connectivity index is 1.68. The van der Waals surface area contributed by atoms with Gasteiger partial charge in [-0.25, -0.2) is 13.2 Å². The minimum atomic E-state index is -4.18. The van der Waals surface area contributed by atoms with Gasteiger partial charge in [-0.3, -0.25) is 9.52 Å². The highest BCUT2D eigenvalue weighted by molar-refractivity contribution is 7.92. The van der Waals surface area contributed by atoms with Crippen molar-refractivity contribution in [1.82, 2.24) is 15.0 Å². The van der Waals surface area contributed by atoms with Crippen LogP contribution in [-0.2, 0) is 10.0 Å². The van der Waals surface area contributed by atoms with E-state index in [1.807, 2.05) is 6.92 Å². The molecule has 0 aliphatic carbocycles. The number of nitrogens with one attached hydrogen (secondary N) is 2. The molecule has 0 unspecified atom stereocenters. The highest BCUT2D eigenvalue weighted by Gasteiger charge is 2.36. The average molecular weight is 616 g/mol. The van der Waals surface area contributed by atoms with E-state index in [4.69, 9.17) is 14.0 Å². The minimum absolute atomic E-state index is 0.0125. The normalized spacial score (nSPS) is 17.7. The van der Waals surface area contributed by atoms with Gasteiger partial charge in [0.2, 0.25) is 0 Å². The number of aromatic nitrogens is 1. The van der Waals surface area contributed by atoms with Gasteiger partial charge in [0, 0.05) is 25.2 Å². The number of fused-ring (bicyclic) bond motifs is 1. The molecule has 232 valence electrons. The predicted molar refractivity (Wildman–Crippen MR) is 159 cm³/mol. The molecule has 0 spiro atoms. The molecule has 3 N–H and O–H groups in total. The Bertz CT molecular complexity index is 1550. The molecule has 0 saturated carbocycles. The lowest BCUT2D eigenvalue weighted by atomic mass is 9.99. The van der Waals surface area contributed by atoms with Crippen molar-refractivity contribution in [3.8, 4) is 11.5 Å². The highest BCUT2D eigenvalue weighted by Crippen LogP contribution is 2.36. The Kier molecular flexibility index (Phi) is 9.50. The molecule has 13 nitrogen and oxygen atoms in total. The van der Waals surface area contributed by atoms with Crippen LogP contribution >= 0.6 is 0 Å². The van der Waals surface area contributed by atoms with E-state index < -0.39 is 34.1 Å². The first-order valence-electron chi connectivity index (χ1n) is 13.7. The first-order chi connectivity index (χ1) is 20.4. The number of carbonyl (C=O) groups is 2. The third kappa shape index (κ3) is 6.86. The number of benzene rings is 2. The summed E-state index contributed by atoms with van der Waals surface area (Å²) in [6.45, 7) is 6.65. The quantitative estimate of drug-likeness (QED) is 0.327. The number of hydrogen-bond acceptors (Lipinski definition) is 9. The fraction of sp³-hybridized carbons (Fsp3) is 0.414. The van der Waals surface area contributed by atoms with Crippen LogP contribution in [-0.4, -0.2) is 86.4 Å². The summed E-state index contributed by atoms with van der Waals surface area (Å²) in [5, 5.41) is 16.5. The summed E-state index contributed by atoms with van der Waals surface area (Å²) in [6, 6.07) is 10.5. The molecular formula is C29H37N5O8S. The summed E-state index contributed by atoms with van der Waals surface area (Å²) in [7, 11) is -1.01. The number of aliphatic hydroxyl groups is 1. The van der Waals surface area contributed by atoms with Crippen LogP contribution in [0.4, 0.5) is 16.2 Å². The molecular weight excluding hydrogens is 578 g/mol. The van der Waals surface area contributed by atoms with Gasteiger partial charge in [-0.1, -0.05) is 18.1 Å². The standard InChI is InChI=1S/C29H37N5O8S/c1-17-14-34(18(2)16-35)28(36)23-8-7-9-24(32-43(38,39)27-19(3)31-42-20(27)4)26(23)41-25(17)15-33(5)29(37)30-21-10-12-22(40-6)13-11-21/h7-13,17-18,25,32,35H,14-16H2,1-6H3,(H,30,37)/t17-,18+,25-/m1/s1. The lowest BCUT2D eigenvalue weighted by Gasteiger charge is -2.38. The van der Waals surface area contributed by atoms with Gasteiger partial charge in [-0.15, -0.1) is 0 Å². The van der Waals surface area contributed by atoms with E-state index in [0.717, 1.165) is 0 Å². The molecule has 0 bridgehead atoms. The Morgan fingerprint density at radius 2 is 1.93 bits per heavy atom. The van der Waals surface area contributed by atoms with E-state index in [0.29, 0.717) is 11.4 Å². The van der Waals surface area contributed by atoms with Gasteiger partial charge in [0.15, 0.2) is 16.4 Å². The van der Waals surface area contributed by atoms with Crippen molar-refractivity contribution in [2.24, 2.45) is 5.92 Å². The third-order valence-electron chi connectivity index (χ3n) is 7.31. The van der Waals surface area contributed by atoms with Gasteiger partial charge >= 0.3 is 6.03 Å². The second kappa shape index (κ2) is 12.9. The van der Waals surface area contributed by atoms with Crippen LogP contribution in [0.5, 0.6) is 11.5 Å². The number of urea groups is 1. The van der Waals surface area contributed by atoms with Crippen LogP contribution in [0.2, 0.25) is 0 Å². The average Bonchev–Trinajstić information content (AvgIpc) is 3.33. The highest BCUT2D eigenvalue weighted by atomic mass is 32.2. The first kappa shape index (κ1) is 31.6. The lowest BCUT2D eigenvalue weighted by molar-refractivity contribution is 0.0373. The van der Waals surface area contributed by atoms with Crippen molar-refractivity contribution in [2.45, 2.75) is 44.7 Å². The number of rotatable bonds is 9. The molecule has 1 aliphatic heterocycles. The molecule has 2 heterocycles. The number of aryl methyl sites for hydroxylation is 2. The molecule has 1 aromatic heterocycles. The van der Waals surface area contributed by atoms with Gasteiger partial charge in [0.1, 0.15) is 17.5 Å². The molecule has 3 aromatic rings. The number of hydrogen-bond donors (Lipinski definition) is 3. The SMILES string of the molecule is COc1ccc(NC(=O)N(C)C[C@H]2Oc3c(NS(=O)(=O)c4c(C)noc4C)cccc3C(=O)N([C@@H](C)CO)C[C@H]2C)cc1. The molecule has 0 saturated heterocycles. The molecule has 0 radical (unpaired) electrons. The van der Waals surface area contributed by atoms with Gasteiger partial charge < -0.3 is 34.2 Å². The van der Waals surface area contributed by atoms with Crippen LogP contribution in [0.3, 0.4) is 0 Å². The van der Waals surface area contributed by atoms with Crippen molar-refractivity contribution in [1.29, 1.82) is 0 Å². The van der Waals surface area contributed by atoms with Crippen LogP contribution in [0.15, 0.2) is 51.9 Å². The monoisotopic (exact) mass is 615 g/mol. The molecule has 3 atom stereocenters. The number of anilines is 2. The maximum atomic E-state index is 13.7. The number of carbonyl (C=O) groups excluding carboxylic acids is 2. The van der Waals surface area contributed by atoms with E-state index in [1.54, 1.807) is 51.4 Å². The molecule has 3 amide bonds. The van der Waals surface area contributed by atoms with Gasteiger partial charge in [0.05, 0.1) is 37.6 Å².